The van der Waals surface area contributed by atoms with Crippen molar-refractivity contribution in [3.05, 3.63) is 47.2 Å². The SMILES string of the molecule is O=C([O-])c1cc(-c2ccc(C(F)(F)F)cc2)oc1CBr. The van der Waals surface area contributed by atoms with E-state index >= 15 is 0 Å². The molecule has 0 N–H and O–H groups in total. The van der Waals surface area contributed by atoms with E-state index in [2.05, 4.69) is 15.9 Å². The van der Waals surface area contributed by atoms with Crippen LogP contribution in [0.3, 0.4) is 0 Å². The molecule has 0 spiro atoms. The summed E-state index contributed by atoms with van der Waals surface area (Å²) in [6.45, 7) is 0. The molecule has 1 aromatic carbocycles. The third-order valence-electron chi connectivity index (χ3n) is 2.65. The molecule has 0 saturated carbocycles. The van der Waals surface area contributed by atoms with Crippen molar-refractivity contribution in [2.45, 2.75) is 11.5 Å². The molecule has 0 amide bonds. The Bertz CT molecular complexity index is 629. The summed E-state index contributed by atoms with van der Waals surface area (Å²) >= 11 is 3.07. The van der Waals surface area contributed by atoms with Gasteiger partial charge in [0.1, 0.15) is 11.5 Å². The van der Waals surface area contributed by atoms with Crippen LogP contribution in [-0.2, 0) is 11.5 Å². The van der Waals surface area contributed by atoms with Crippen molar-refractivity contribution in [3.8, 4) is 11.3 Å². The third kappa shape index (κ3) is 2.87. The zero-order chi connectivity index (χ0) is 14.9. The van der Waals surface area contributed by atoms with Crippen molar-refractivity contribution < 1.29 is 27.5 Å². The van der Waals surface area contributed by atoms with Gasteiger partial charge in [-0.15, -0.1) is 0 Å². The number of aromatic carboxylic acids is 1. The molecule has 0 radical (unpaired) electrons. The highest BCUT2D eigenvalue weighted by Gasteiger charge is 2.30. The molecule has 0 aliphatic heterocycles. The van der Waals surface area contributed by atoms with Crippen LogP contribution >= 0.6 is 15.9 Å². The number of carbonyl (C=O) groups excluding carboxylic acids is 1. The maximum Gasteiger partial charge on any atom is 0.416 e. The standard InChI is InChI=1S/C13H8BrF3O3/c14-6-11-9(12(18)19)5-10(20-11)7-1-3-8(4-2-7)13(15,16)17/h1-5H,6H2,(H,18,19)/p-1. The van der Waals surface area contributed by atoms with Crippen LogP contribution in [0, 0.1) is 0 Å². The van der Waals surface area contributed by atoms with E-state index in [1.165, 1.54) is 18.2 Å². The topological polar surface area (TPSA) is 53.3 Å². The highest BCUT2D eigenvalue weighted by atomic mass is 79.9. The van der Waals surface area contributed by atoms with E-state index in [4.69, 9.17) is 4.42 Å². The van der Waals surface area contributed by atoms with Crippen LogP contribution in [0.25, 0.3) is 11.3 Å². The normalized spacial score (nSPS) is 11.6. The second-order valence-electron chi connectivity index (χ2n) is 3.94. The Labute approximate surface area is 120 Å². The summed E-state index contributed by atoms with van der Waals surface area (Å²) in [5.41, 5.74) is -0.557. The third-order valence-corrected chi connectivity index (χ3v) is 3.16. The number of carboxylic acid groups (broad SMARTS) is 1. The van der Waals surface area contributed by atoms with Crippen molar-refractivity contribution in [1.29, 1.82) is 0 Å². The summed E-state index contributed by atoms with van der Waals surface area (Å²) in [4.78, 5) is 10.9. The minimum absolute atomic E-state index is 0.128. The van der Waals surface area contributed by atoms with Gasteiger partial charge in [0.15, 0.2) is 0 Å². The van der Waals surface area contributed by atoms with Gasteiger partial charge in [0.2, 0.25) is 0 Å². The lowest BCUT2D eigenvalue weighted by Gasteiger charge is -2.06. The lowest BCUT2D eigenvalue weighted by molar-refractivity contribution is -0.255. The smallest absolute Gasteiger partial charge is 0.416 e. The fraction of sp³-hybridized carbons (Fsp3) is 0.154. The monoisotopic (exact) mass is 347 g/mol. The van der Waals surface area contributed by atoms with Gasteiger partial charge in [-0.3, -0.25) is 0 Å². The maximum absolute atomic E-state index is 12.4. The molecule has 7 heteroatoms. The molecular formula is C13H7BrF3O3-. The van der Waals surface area contributed by atoms with E-state index in [-0.39, 0.29) is 22.4 Å². The van der Waals surface area contributed by atoms with Gasteiger partial charge in [0, 0.05) is 11.1 Å². The lowest BCUT2D eigenvalue weighted by atomic mass is 10.1. The van der Waals surface area contributed by atoms with Gasteiger partial charge in [0.05, 0.1) is 16.9 Å². The number of benzene rings is 1. The second-order valence-corrected chi connectivity index (χ2v) is 4.50. The van der Waals surface area contributed by atoms with E-state index in [1.54, 1.807) is 0 Å². The summed E-state index contributed by atoms with van der Waals surface area (Å²) in [5, 5.41) is 11.0. The van der Waals surface area contributed by atoms with E-state index in [9.17, 15) is 23.1 Å². The number of hydrogen-bond donors (Lipinski definition) is 0. The lowest BCUT2D eigenvalue weighted by Crippen LogP contribution is -2.22. The molecule has 2 rings (SSSR count). The summed E-state index contributed by atoms with van der Waals surface area (Å²) in [6, 6.07) is 5.49. The van der Waals surface area contributed by atoms with Crippen LogP contribution in [0.15, 0.2) is 34.7 Å². The molecule has 1 aromatic heterocycles. The molecule has 0 unspecified atom stereocenters. The van der Waals surface area contributed by atoms with Crippen LogP contribution in [0.1, 0.15) is 21.7 Å². The van der Waals surface area contributed by atoms with Crippen molar-refractivity contribution in [2.24, 2.45) is 0 Å². The molecule has 0 saturated heterocycles. The number of carbonyl (C=O) groups is 1. The van der Waals surface area contributed by atoms with E-state index < -0.39 is 17.7 Å². The van der Waals surface area contributed by atoms with Gasteiger partial charge in [-0.25, -0.2) is 0 Å². The highest BCUT2D eigenvalue weighted by Crippen LogP contribution is 2.32. The quantitative estimate of drug-likeness (QED) is 0.801. The van der Waals surface area contributed by atoms with Crippen molar-refractivity contribution in [3.63, 3.8) is 0 Å². The van der Waals surface area contributed by atoms with Crippen LogP contribution < -0.4 is 5.11 Å². The Morgan fingerprint density at radius 3 is 2.25 bits per heavy atom. The van der Waals surface area contributed by atoms with E-state index in [0.717, 1.165) is 12.1 Å². The van der Waals surface area contributed by atoms with E-state index in [1.807, 2.05) is 0 Å². The first kappa shape index (κ1) is 14.6. The summed E-state index contributed by atoms with van der Waals surface area (Å²) in [7, 11) is 0. The summed E-state index contributed by atoms with van der Waals surface area (Å²) < 4.78 is 42.6. The van der Waals surface area contributed by atoms with Gasteiger partial charge in [-0.1, -0.05) is 28.1 Å². The van der Waals surface area contributed by atoms with Crippen molar-refractivity contribution in [1.82, 2.24) is 0 Å². The molecule has 1 heterocycles. The number of halogens is 4. The number of furan rings is 1. The average molecular weight is 348 g/mol. The fourth-order valence-corrected chi connectivity index (χ4v) is 2.08. The Morgan fingerprint density at radius 1 is 1.25 bits per heavy atom. The van der Waals surface area contributed by atoms with Gasteiger partial charge >= 0.3 is 6.18 Å². The number of rotatable bonds is 3. The first-order chi connectivity index (χ1) is 9.32. The van der Waals surface area contributed by atoms with E-state index in [0.29, 0.717) is 5.56 Å². The Balaban J connectivity index is 2.39. The Kier molecular flexibility index (Phi) is 3.89. The molecular weight excluding hydrogens is 341 g/mol. The largest absolute Gasteiger partial charge is 0.545 e. The molecule has 0 aliphatic rings. The number of hydrogen-bond acceptors (Lipinski definition) is 3. The highest BCUT2D eigenvalue weighted by molar-refractivity contribution is 9.08. The molecule has 0 fully saturated rings. The molecule has 2 aromatic rings. The van der Waals surface area contributed by atoms with Gasteiger partial charge in [-0.2, -0.15) is 13.2 Å². The van der Waals surface area contributed by atoms with Gasteiger partial charge < -0.3 is 14.3 Å². The first-order valence-corrected chi connectivity index (χ1v) is 6.52. The minimum atomic E-state index is -4.42. The number of alkyl halides is 4. The maximum atomic E-state index is 12.4. The fourth-order valence-electron chi connectivity index (χ4n) is 1.67. The molecule has 3 nitrogen and oxygen atoms in total. The van der Waals surface area contributed by atoms with Gasteiger partial charge in [-0.05, 0) is 18.2 Å². The zero-order valence-corrected chi connectivity index (χ0v) is 11.4. The minimum Gasteiger partial charge on any atom is -0.545 e. The summed E-state index contributed by atoms with van der Waals surface area (Å²) in [6.07, 6.45) is -4.42. The zero-order valence-electron chi connectivity index (χ0n) is 9.83. The average Bonchev–Trinajstić information content (AvgIpc) is 2.82. The molecule has 0 aliphatic carbocycles. The first-order valence-electron chi connectivity index (χ1n) is 5.40. The van der Waals surface area contributed by atoms with Crippen LogP contribution in [0.2, 0.25) is 0 Å². The number of carboxylic acids is 1. The van der Waals surface area contributed by atoms with Crippen LogP contribution in [0.4, 0.5) is 13.2 Å². The van der Waals surface area contributed by atoms with Crippen molar-refractivity contribution >= 4 is 21.9 Å². The Hall–Kier alpha value is -1.76. The molecule has 20 heavy (non-hydrogen) atoms. The van der Waals surface area contributed by atoms with Crippen LogP contribution in [0.5, 0.6) is 0 Å². The molecule has 0 atom stereocenters. The predicted molar refractivity (Wildman–Crippen MR) is 66.1 cm³/mol. The summed E-state index contributed by atoms with van der Waals surface area (Å²) in [5.74, 6) is -1.08. The van der Waals surface area contributed by atoms with Crippen molar-refractivity contribution in [2.75, 3.05) is 0 Å². The van der Waals surface area contributed by atoms with Crippen LogP contribution in [-0.4, -0.2) is 5.97 Å². The Morgan fingerprint density at radius 2 is 1.85 bits per heavy atom. The second kappa shape index (κ2) is 5.32. The molecule has 0 bridgehead atoms. The molecule has 106 valence electrons. The predicted octanol–water partition coefficient (Wildman–Crippen LogP) is 3.22. The van der Waals surface area contributed by atoms with Gasteiger partial charge in [0.25, 0.3) is 0 Å².